The molecule has 0 fully saturated rings. The van der Waals surface area contributed by atoms with Crippen LogP contribution >= 0.6 is 0 Å². The van der Waals surface area contributed by atoms with Crippen molar-refractivity contribution < 1.29 is 9.90 Å². The Hall–Kier alpha value is -0.610. The second kappa shape index (κ2) is 6.86. The molecule has 0 rings (SSSR count). The molecule has 0 unspecified atom stereocenters. The predicted molar refractivity (Wildman–Crippen MR) is 52.3 cm³/mol. The second-order valence-corrected chi connectivity index (χ2v) is 3.52. The molecule has 0 amide bonds. The highest BCUT2D eigenvalue weighted by Crippen LogP contribution is 2.05. The third kappa shape index (κ3) is 7.74. The van der Waals surface area contributed by atoms with Crippen LogP contribution in [0.5, 0.6) is 0 Å². The molecule has 2 atom stereocenters. The van der Waals surface area contributed by atoms with E-state index in [-0.39, 0.29) is 18.5 Å². The third-order valence-electron chi connectivity index (χ3n) is 2.10. The fourth-order valence-corrected chi connectivity index (χ4v) is 1.10. The molecule has 0 saturated heterocycles. The Labute approximate surface area is 79.3 Å². The van der Waals surface area contributed by atoms with Gasteiger partial charge >= 0.3 is 5.97 Å². The Morgan fingerprint density at radius 1 is 1.31 bits per heavy atom. The zero-order valence-corrected chi connectivity index (χ0v) is 8.20. The van der Waals surface area contributed by atoms with Crippen LogP contribution in [0, 0.1) is 0 Å². The number of rotatable bonds is 7. The van der Waals surface area contributed by atoms with Crippen molar-refractivity contribution in [3.8, 4) is 0 Å². The van der Waals surface area contributed by atoms with E-state index in [1.807, 2.05) is 6.92 Å². The van der Waals surface area contributed by atoms with Gasteiger partial charge in [-0.2, -0.15) is 0 Å². The molecule has 0 aromatic rings. The molecule has 0 aliphatic carbocycles. The molecule has 0 saturated carbocycles. The van der Waals surface area contributed by atoms with Crippen molar-refractivity contribution in [3.63, 3.8) is 0 Å². The highest BCUT2D eigenvalue weighted by atomic mass is 16.4. The molecule has 0 bridgehead atoms. The topological polar surface area (TPSA) is 89.3 Å². The molecule has 13 heavy (non-hydrogen) atoms. The average Bonchev–Trinajstić information content (AvgIpc) is 2.02. The van der Waals surface area contributed by atoms with Crippen molar-refractivity contribution in [1.29, 1.82) is 0 Å². The highest BCUT2D eigenvalue weighted by Gasteiger charge is 2.06. The van der Waals surface area contributed by atoms with Crippen LogP contribution in [0.15, 0.2) is 0 Å². The standard InChI is InChI=1S/C9H20N2O2/c1-7(10)8(11)5-3-2-4-6-9(12)13/h7-8H,2-6,10-11H2,1H3,(H,12,13)/t7-,8-/m1/s1. The summed E-state index contributed by atoms with van der Waals surface area (Å²) in [5.74, 6) is -0.725. The van der Waals surface area contributed by atoms with Crippen molar-refractivity contribution in [3.05, 3.63) is 0 Å². The van der Waals surface area contributed by atoms with E-state index in [1.54, 1.807) is 0 Å². The SMILES string of the molecule is C[C@@H](N)[C@H](N)CCCCCC(=O)O. The van der Waals surface area contributed by atoms with Gasteiger partial charge in [-0.1, -0.05) is 12.8 Å². The number of carboxylic acid groups (broad SMARTS) is 1. The molecule has 5 N–H and O–H groups in total. The molecular weight excluding hydrogens is 168 g/mol. The number of carboxylic acids is 1. The zero-order chi connectivity index (χ0) is 10.3. The van der Waals surface area contributed by atoms with Gasteiger partial charge < -0.3 is 16.6 Å². The summed E-state index contributed by atoms with van der Waals surface area (Å²) in [6.07, 6.45) is 3.77. The van der Waals surface area contributed by atoms with Crippen LogP contribution in [0.1, 0.15) is 39.0 Å². The number of hydrogen-bond acceptors (Lipinski definition) is 3. The average molecular weight is 188 g/mol. The van der Waals surface area contributed by atoms with E-state index in [0.717, 1.165) is 25.7 Å². The molecule has 4 heteroatoms. The Bertz CT molecular complexity index is 149. The number of nitrogens with two attached hydrogens (primary N) is 2. The van der Waals surface area contributed by atoms with Gasteiger partial charge in [-0.05, 0) is 19.8 Å². The van der Waals surface area contributed by atoms with Crippen molar-refractivity contribution in [2.45, 2.75) is 51.1 Å². The van der Waals surface area contributed by atoms with E-state index in [0.29, 0.717) is 0 Å². The molecule has 78 valence electrons. The van der Waals surface area contributed by atoms with Crippen molar-refractivity contribution in [2.75, 3.05) is 0 Å². The maximum absolute atomic E-state index is 10.2. The van der Waals surface area contributed by atoms with E-state index in [2.05, 4.69) is 0 Å². The van der Waals surface area contributed by atoms with Crippen LogP contribution in [-0.4, -0.2) is 23.2 Å². The first-order valence-electron chi connectivity index (χ1n) is 4.77. The van der Waals surface area contributed by atoms with E-state index in [4.69, 9.17) is 16.6 Å². The van der Waals surface area contributed by atoms with Crippen LogP contribution in [0.3, 0.4) is 0 Å². The molecule has 0 aromatic heterocycles. The lowest BCUT2D eigenvalue weighted by Crippen LogP contribution is -2.38. The number of carbonyl (C=O) groups is 1. The first-order chi connectivity index (χ1) is 6.04. The van der Waals surface area contributed by atoms with Crippen molar-refractivity contribution in [2.24, 2.45) is 11.5 Å². The van der Waals surface area contributed by atoms with Gasteiger partial charge in [0, 0.05) is 18.5 Å². The number of aliphatic carboxylic acids is 1. The highest BCUT2D eigenvalue weighted by molar-refractivity contribution is 5.66. The largest absolute Gasteiger partial charge is 0.481 e. The van der Waals surface area contributed by atoms with E-state index < -0.39 is 5.97 Å². The fourth-order valence-electron chi connectivity index (χ4n) is 1.10. The van der Waals surface area contributed by atoms with Gasteiger partial charge in [0.05, 0.1) is 0 Å². The molecular formula is C9H20N2O2. The smallest absolute Gasteiger partial charge is 0.303 e. The quantitative estimate of drug-likeness (QED) is 0.513. The van der Waals surface area contributed by atoms with Gasteiger partial charge in [0.25, 0.3) is 0 Å². The maximum Gasteiger partial charge on any atom is 0.303 e. The monoisotopic (exact) mass is 188 g/mol. The minimum atomic E-state index is -0.725. The summed E-state index contributed by atoms with van der Waals surface area (Å²) in [4.78, 5) is 10.2. The normalized spacial score (nSPS) is 15.3. The minimum Gasteiger partial charge on any atom is -0.481 e. The Kier molecular flexibility index (Phi) is 6.54. The molecule has 0 radical (unpaired) electrons. The summed E-state index contributed by atoms with van der Waals surface area (Å²) in [5.41, 5.74) is 11.3. The van der Waals surface area contributed by atoms with Crippen LogP contribution < -0.4 is 11.5 Å². The van der Waals surface area contributed by atoms with Crippen molar-refractivity contribution in [1.82, 2.24) is 0 Å². The van der Waals surface area contributed by atoms with Gasteiger partial charge in [-0.3, -0.25) is 4.79 Å². The summed E-state index contributed by atoms with van der Waals surface area (Å²) in [5, 5.41) is 8.37. The van der Waals surface area contributed by atoms with Crippen LogP contribution in [0.4, 0.5) is 0 Å². The Morgan fingerprint density at radius 3 is 2.38 bits per heavy atom. The predicted octanol–water partition coefficient (Wildman–Crippen LogP) is 0.696. The van der Waals surface area contributed by atoms with E-state index >= 15 is 0 Å². The van der Waals surface area contributed by atoms with Crippen molar-refractivity contribution >= 4 is 5.97 Å². The summed E-state index contributed by atoms with van der Waals surface area (Å²) in [6.45, 7) is 1.89. The molecule has 0 aliphatic rings. The lowest BCUT2D eigenvalue weighted by molar-refractivity contribution is -0.137. The maximum atomic E-state index is 10.2. The lowest BCUT2D eigenvalue weighted by atomic mass is 10.0. The van der Waals surface area contributed by atoms with Gasteiger partial charge in [-0.15, -0.1) is 0 Å². The number of unbranched alkanes of at least 4 members (excludes halogenated alkanes) is 2. The first kappa shape index (κ1) is 12.4. The number of hydrogen-bond donors (Lipinski definition) is 3. The van der Waals surface area contributed by atoms with Gasteiger partial charge in [0.2, 0.25) is 0 Å². The summed E-state index contributed by atoms with van der Waals surface area (Å²) in [7, 11) is 0. The molecule has 0 aromatic carbocycles. The van der Waals surface area contributed by atoms with Crippen LogP contribution in [-0.2, 0) is 4.79 Å². The van der Waals surface area contributed by atoms with Crippen LogP contribution in [0.25, 0.3) is 0 Å². The molecule has 4 nitrogen and oxygen atoms in total. The Balaban J connectivity index is 3.21. The summed E-state index contributed by atoms with van der Waals surface area (Å²) < 4.78 is 0. The molecule has 0 aliphatic heterocycles. The third-order valence-corrected chi connectivity index (χ3v) is 2.10. The van der Waals surface area contributed by atoms with E-state index in [9.17, 15) is 4.79 Å². The Morgan fingerprint density at radius 2 is 1.92 bits per heavy atom. The van der Waals surface area contributed by atoms with E-state index in [1.165, 1.54) is 0 Å². The lowest BCUT2D eigenvalue weighted by Gasteiger charge is -2.14. The fraction of sp³-hybridized carbons (Fsp3) is 0.889. The molecule has 0 heterocycles. The zero-order valence-electron chi connectivity index (χ0n) is 8.20. The van der Waals surface area contributed by atoms with Crippen LogP contribution in [0.2, 0.25) is 0 Å². The first-order valence-corrected chi connectivity index (χ1v) is 4.77. The minimum absolute atomic E-state index is 0.0273. The van der Waals surface area contributed by atoms with Gasteiger partial charge in [-0.25, -0.2) is 0 Å². The van der Waals surface area contributed by atoms with Gasteiger partial charge in [0.1, 0.15) is 0 Å². The summed E-state index contributed by atoms with van der Waals surface area (Å²) in [6, 6.07) is 0.0734. The second-order valence-electron chi connectivity index (χ2n) is 3.52. The molecule has 0 spiro atoms. The summed E-state index contributed by atoms with van der Waals surface area (Å²) >= 11 is 0. The van der Waals surface area contributed by atoms with Gasteiger partial charge in [0.15, 0.2) is 0 Å².